The van der Waals surface area contributed by atoms with Crippen molar-refractivity contribution in [1.29, 1.82) is 0 Å². The summed E-state index contributed by atoms with van der Waals surface area (Å²) in [5.74, 6) is -0.348. The van der Waals surface area contributed by atoms with Gasteiger partial charge in [-0.2, -0.15) is 0 Å². The Labute approximate surface area is 235 Å². The minimum Gasteiger partial charge on any atom is -0.355 e. The van der Waals surface area contributed by atoms with E-state index in [0.29, 0.717) is 24.5 Å². The van der Waals surface area contributed by atoms with E-state index in [4.69, 9.17) is 11.6 Å². The number of likely N-dealkylation sites (tertiary alicyclic amines) is 1. The number of rotatable bonds is 9. The van der Waals surface area contributed by atoms with Crippen LogP contribution in [0.5, 0.6) is 0 Å². The molecule has 1 amide bonds. The molecule has 0 spiro atoms. The molecule has 1 aliphatic heterocycles. The highest BCUT2D eigenvalue weighted by atomic mass is 35.5. The highest BCUT2D eigenvalue weighted by Gasteiger charge is 2.23. The molecule has 0 bridgehead atoms. The predicted molar refractivity (Wildman–Crippen MR) is 156 cm³/mol. The molecule has 1 atom stereocenters. The first-order chi connectivity index (χ1) is 18.1. The maximum absolute atomic E-state index is 13.5. The minimum atomic E-state index is -0.242. The first-order valence-corrected chi connectivity index (χ1v) is 13.5. The van der Waals surface area contributed by atoms with Gasteiger partial charge in [0.1, 0.15) is 5.82 Å². The molecule has 1 aliphatic rings. The van der Waals surface area contributed by atoms with Crippen LogP contribution in [-0.2, 0) is 11.3 Å². The van der Waals surface area contributed by atoms with E-state index in [-0.39, 0.29) is 30.0 Å². The van der Waals surface area contributed by atoms with E-state index >= 15 is 0 Å². The molecule has 4 nitrogen and oxygen atoms in total. The Morgan fingerprint density at radius 3 is 2.50 bits per heavy atom. The smallest absolute Gasteiger partial charge is 0.220 e. The summed E-state index contributed by atoms with van der Waals surface area (Å²) < 4.78 is 15.7. The van der Waals surface area contributed by atoms with Crippen molar-refractivity contribution in [3.05, 3.63) is 107 Å². The van der Waals surface area contributed by atoms with Crippen molar-refractivity contribution in [2.75, 3.05) is 26.2 Å². The van der Waals surface area contributed by atoms with E-state index in [9.17, 15) is 9.18 Å². The Morgan fingerprint density at radius 1 is 0.974 bits per heavy atom. The van der Waals surface area contributed by atoms with Gasteiger partial charge in [-0.25, -0.2) is 4.39 Å². The molecular formula is C31H34Cl2FN3O. The lowest BCUT2D eigenvalue weighted by Crippen LogP contribution is -2.38. The zero-order valence-electron chi connectivity index (χ0n) is 21.4. The minimum absolute atomic E-state index is 0. The first kappa shape index (κ1) is 28.2. The van der Waals surface area contributed by atoms with Gasteiger partial charge < -0.3 is 14.8 Å². The Balaban J connectivity index is 0.00000336. The average Bonchev–Trinajstić information content (AvgIpc) is 3.27. The maximum atomic E-state index is 13.5. The number of amides is 1. The maximum Gasteiger partial charge on any atom is 0.220 e. The monoisotopic (exact) mass is 553 g/mol. The third-order valence-corrected chi connectivity index (χ3v) is 7.54. The molecule has 1 saturated heterocycles. The van der Waals surface area contributed by atoms with Crippen LogP contribution in [0.15, 0.2) is 79.0 Å². The van der Waals surface area contributed by atoms with E-state index in [1.54, 1.807) is 0 Å². The Hall–Kier alpha value is -2.86. The fourth-order valence-electron chi connectivity index (χ4n) is 5.39. The van der Waals surface area contributed by atoms with E-state index in [2.05, 4.69) is 33.1 Å². The molecule has 1 N–H and O–H groups in total. The standard InChI is InChI=1S/C31H33ClFN3O.ClH/c32-25-8-6-7-24(19-25)28(20-31(37)34-15-18-35-16-4-1-5-17-35)29-22-36(30-10-3-2-9-27(29)30)21-23-11-13-26(33)14-12-23;/h2-3,6-14,19,22,28H,1,4-5,15-18,20-21H2,(H,34,37);1H. The number of piperidine rings is 1. The number of para-hydroxylation sites is 1. The van der Waals surface area contributed by atoms with Crippen LogP contribution in [0.2, 0.25) is 5.02 Å². The van der Waals surface area contributed by atoms with Gasteiger partial charge in [0.2, 0.25) is 5.91 Å². The largest absolute Gasteiger partial charge is 0.355 e. The van der Waals surface area contributed by atoms with Crippen molar-refractivity contribution < 1.29 is 9.18 Å². The lowest BCUT2D eigenvalue weighted by Gasteiger charge is -2.26. The van der Waals surface area contributed by atoms with Crippen LogP contribution < -0.4 is 5.32 Å². The van der Waals surface area contributed by atoms with E-state index in [1.807, 2.05) is 48.5 Å². The molecule has 0 saturated carbocycles. The van der Waals surface area contributed by atoms with Crippen molar-refractivity contribution in [3.63, 3.8) is 0 Å². The van der Waals surface area contributed by atoms with E-state index in [1.165, 1.54) is 31.4 Å². The predicted octanol–water partition coefficient (Wildman–Crippen LogP) is 7.03. The Morgan fingerprint density at radius 2 is 1.74 bits per heavy atom. The van der Waals surface area contributed by atoms with Gasteiger partial charge in [0, 0.05) is 54.1 Å². The quantitative estimate of drug-likeness (QED) is 0.241. The number of halogens is 3. The SMILES string of the molecule is Cl.O=C(CC(c1cccc(Cl)c1)c1cn(Cc2ccc(F)cc2)c2ccccc12)NCCN1CCCCC1. The molecule has 1 unspecified atom stereocenters. The van der Waals surface area contributed by atoms with Crippen LogP contribution >= 0.6 is 24.0 Å². The number of fused-ring (bicyclic) bond motifs is 1. The van der Waals surface area contributed by atoms with Crippen LogP contribution in [0.1, 0.15) is 48.3 Å². The summed E-state index contributed by atoms with van der Waals surface area (Å²) in [6, 6.07) is 22.7. The zero-order chi connectivity index (χ0) is 25.6. The summed E-state index contributed by atoms with van der Waals surface area (Å²) in [5, 5.41) is 4.92. The summed E-state index contributed by atoms with van der Waals surface area (Å²) in [7, 11) is 0. The molecule has 0 radical (unpaired) electrons. The highest BCUT2D eigenvalue weighted by molar-refractivity contribution is 6.30. The molecule has 4 aromatic rings. The van der Waals surface area contributed by atoms with Gasteiger partial charge in [-0.15, -0.1) is 12.4 Å². The summed E-state index contributed by atoms with van der Waals surface area (Å²) in [6.45, 7) is 4.41. The molecule has 200 valence electrons. The molecule has 2 heterocycles. The van der Waals surface area contributed by atoms with Crippen molar-refractivity contribution in [3.8, 4) is 0 Å². The molecule has 1 aromatic heterocycles. The Kier molecular flexibility index (Phi) is 9.84. The highest BCUT2D eigenvalue weighted by Crippen LogP contribution is 2.36. The second-order valence-electron chi connectivity index (χ2n) is 9.92. The molecule has 0 aliphatic carbocycles. The topological polar surface area (TPSA) is 37.3 Å². The fourth-order valence-corrected chi connectivity index (χ4v) is 5.59. The molecule has 1 fully saturated rings. The number of hydrogen-bond acceptors (Lipinski definition) is 2. The third kappa shape index (κ3) is 6.96. The van der Waals surface area contributed by atoms with E-state index in [0.717, 1.165) is 47.2 Å². The van der Waals surface area contributed by atoms with Crippen LogP contribution in [0.3, 0.4) is 0 Å². The number of carbonyl (C=O) groups excluding carboxylic acids is 1. The molecule has 38 heavy (non-hydrogen) atoms. The van der Waals surface area contributed by atoms with Crippen LogP contribution in [0, 0.1) is 5.82 Å². The van der Waals surface area contributed by atoms with Crippen LogP contribution in [-0.4, -0.2) is 41.6 Å². The number of hydrogen-bond donors (Lipinski definition) is 1. The molecular weight excluding hydrogens is 520 g/mol. The van der Waals surface area contributed by atoms with Crippen LogP contribution in [0.25, 0.3) is 10.9 Å². The van der Waals surface area contributed by atoms with Gasteiger partial charge in [0.05, 0.1) is 0 Å². The normalized spacial score (nSPS) is 14.7. The van der Waals surface area contributed by atoms with Gasteiger partial charge in [-0.05, 0) is 73.0 Å². The second-order valence-corrected chi connectivity index (χ2v) is 10.4. The van der Waals surface area contributed by atoms with Gasteiger partial charge in [-0.1, -0.05) is 60.5 Å². The summed E-state index contributed by atoms with van der Waals surface area (Å²) >= 11 is 6.38. The van der Waals surface area contributed by atoms with Gasteiger partial charge in [0.15, 0.2) is 0 Å². The number of aromatic nitrogens is 1. The van der Waals surface area contributed by atoms with Crippen molar-refractivity contribution in [2.45, 2.75) is 38.1 Å². The molecule has 7 heteroatoms. The lowest BCUT2D eigenvalue weighted by molar-refractivity contribution is -0.121. The first-order valence-electron chi connectivity index (χ1n) is 13.1. The van der Waals surface area contributed by atoms with E-state index < -0.39 is 0 Å². The van der Waals surface area contributed by atoms with Gasteiger partial charge in [-0.3, -0.25) is 4.79 Å². The Bertz CT molecular complexity index is 1350. The summed E-state index contributed by atoms with van der Waals surface area (Å²) in [5.41, 5.74) is 4.21. The summed E-state index contributed by atoms with van der Waals surface area (Å²) in [6.07, 6.45) is 6.27. The fraction of sp³-hybridized carbons (Fsp3) is 0.323. The van der Waals surface area contributed by atoms with Gasteiger partial charge >= 0.3 is 0 Å². The average molecular weight is 555 g/mol. The zero-order valence-corrected chi connectivity index (χ0v) is 23.0. The van der Waals surface area contributed by atoms with Crippen molar-refractivity contribution in [1.82, 2.24) is 14.8 Å². The second kappa shape index (κ2) is 13.3. The van der Waals surface area contributed by atoms with Crippen molar-refractivity contribution in [2.24, 2.45) is 0 Å². The number of benzene rings is 3. The molecule has 5 rings (SSSR count). The lowest BCUT2D eigenvalue weighted by atomic mass is 9.88. The third-order valence-electron chi connectivity index (χ3n) is 7.30. The molecule has 3 aromatic carbocycles. The number of carbonyl (C=O) groups is 1. The van der Waals surface area contributed by atoms with Crippen LogP contribution in [0.4, 0.5) is 4.39 Å². The van der Waals surface area contributed by atoms with Crippen molar-refractivity contribution >= 4 is 40.8 Å². The number of nitrogens with one attached hydrogen (secondary N) is 1. The van der Waals surface area contributed by atoms with Gasteiger partial charge in [0.25, 0.3) is 0 Å². The summed E-state index contributed by atoms with van der Waals surface area (Å²) in [4.78, 5) is 15.6. The number of nitrogens with zero attached hydrogens (tertiary/aromatic N) is 2.